The van der Waals surface area contributed by atoms with E-state index >= 15 is 0 Å². The number of fused-ring (bicyclic) bond motifs is 1. The standard InChI is InChI=1S/C12H15N3O2S/c13-9-1-2-12-11(7-9)14-8-15(12)10-3-5-18(16,17)6-4-10/h1-2,7-8,10H,3-6,13H2. The van der Waals surface area contributed by atoms with E-state index in [2.05, 4.69) is 9.55 Å². The van der Waals surface area contributed by atoms with E-state index in [9.17, 15) is 8.42 Å². The van der Waals surface area contributed by atoms with Gasteiger partial charge in [-0.05, 0) is 31.0 Å². The summed E-state index contributed by atoms with van der Waals surface area (Å²) in [6, 6.07) is 5.86. The zero-order valence-electron chi connectivity index (χ0n) is 9.91. The van der Waals surface area contributed by atoms with Gasteiger partial charge in [-0.3, -0.25) is 0 Å². The molecular weight excluding hydrogens is 250 g/mol. The Labute approximate surface area is 106 Å². The van der Waals surface area contributed by atoms with Crippen LogP contribution in [-0.4, -0.2) is 29.5 Å². The predicted octanol–water partition coefficient (Wildman–Crippen LogP) is 1.37. The molecule has 2 aromatic rings. The number of imidazole rings is 1. The first kappa shape index (κ1) is 11.5. The molecule has 0 bridgehead atoms. The van der Waals surface area contributed by atoms with Crippen LogP contribution in [0.3, 0.4) is 0 Å². The second kappa shape index (κ2) is 3.98. The number of rotatable bonds is 1. The Balaban J connectivity index is 1.96. The van der Waals surface area contributed by atoms with Crippen molar-refractivity contribution in [2.24, 2.45) is 0 Å². The van der Waals surface area contributed by atoms with Crippen LogP contribution in [0.15, 0.2) is 24.5 Å². The smallest absolute Gasteiger partial charge is 0.150 e. The van der Waals surface area contributed by atoms with Gasteiger partial charge in [0.25, 0.3) is 0 Å². The van der Waals surface area contributed by atoms with Crippen LogP contribution in [-0.2, 0) is 9.84 Å². The van der Waals surface area contributed by atoms with Crippen molar-refractivity contribution in [1.82, 2.24) is 9.55 Å². The highest BCUT2D eigenvalue weighted by atomic mass is 32.2. The molecule has 1 aromatic carbocycles. The maximum Gasteiger partial charge on any atom is 0.150 e. The van der Waals surface area contributed by atoms with Gasteiger partial charge in [0.2, 0.25) is 0 Å². The maximum atomic E-state index is 11.4. The number of benzene rings is 1. The molecule has 0 radical (unpaired) electrons. The van der Waals surface area contributed by atoms with Gasteiger partial charge in [0, 0.05) is 11.7 Å². The molecule has 2 heterocycles. The van der Waals surface area contributed by atoms with Gasteiger partial charge in [0.15, 0.2) is 0 Å². The highest BCUT2D eigenvalue weighted by Gasteiger charge is 2.25. The molecule has 0 amide bonds. The lowest BCUT2D eigenvalue weighted by molar-refractivity contribution is 0.459. The highest BCUT2D eigenvalue weighted by molar-refractivity contribution is 7.91. The molecule has 5 nitrogen and oxygen atoms in total. The van der Waals surface area contributed by atoms with Crippen LogP contribution < -0.4 is 5.73 Å². The molecular formula is C12H15N3O2S. The minimum atomic E-state index is -2.82. The fraction of sp³-hybridized carbons (Fsp3) is 0.417. The van der Waals surface area contributed by atoms with Gasteiger partial charge in [0.05, 0.1) is 28.9 Å². The van der Waals surface area contributed by atoms with Crippen molar-refractivity contribution < 1.29 is 8.42 Å². The highest BCUT2D eigenvalue weighted by Crippen LogP contribution is 2.28. The Kier molecular flexibility index (Phi) is 2.55. The lowest BCUT2D eigenvalue weighted by atomic mass is 10.1. The quantitative estimate of drug-likeness (QED) is 0.790. The zero-order valence-corrected chi connectivity index (χ0v) is 10.7. The van der Waals surface area contributed by atoms with Gasteiger partial charge >= 0.3 is 0 Å². The molecule has 0 unspecified atom stereocenters. The lowest BCUT2D eigenvalue weighted by Gasteiger charge is -2.23. The van der Waals surface area contributed by atoms with Crippen molar-refractivity contribution in [2.75, 3.05) is 17.2 Å². The van der Waals surface area contributed by atoms with Crippen LogP contribution in [0.25, 0.3) is 11.0 Å². The molecule has 1 fully saturated rings. The summed E-state index contributed by atoms with van der Waals surface area (Å²) in [5.74, 6) is 0.540. The van der Waals surface area contributed by atoms with E-state index in [1.54, 1.807) is 6.33 Å². The third kappa shape index (κ3) is 1.96. The minimum Gasteiger partial charge on any atom is -0.399 e. The molecule has 0 spiro atoms. The first-order chi connectivity index (χ1) is 8.55. The molecule has 1 aliphatic heterocycles. The van der Waals surface area contributed by atoms with Gasteiger partial charge in [0.1, 0.15) is 9.84 Å². The summed E-state index contributed by atoms with van der Waals surface area (Å²) in [6.07, 6.45) is 3.11. The molecule has 1 aliphatic rings. The van der Waals surface area contributed by atoms with E-state index < -0.39 is 9.84 Å². The van der Waals surface area contributed by atoms with Crippen molar-refractivity contribution in [2.45, 2.75) is 18.9 Å². The van der Waals surface area contributed by atoms with Crippen LogP contribution in [0.2, 0.25) is 0 Å². The van der Waals surface area contributed by atoms with Crippen molar-refractivity contribution in [3.63, 3.8) is 0 Å². The average Bonchev–Trinajstić information content (AvgIpc) is 2.72. The van der Waals surface area contributed by atoms with Gasteiger partial charge in [-0.1, -0.05) is 0 Å². The van der Waals surface area contributed by atoms with Crippen LogP contribution in [0.5, 0.6) is 0 Å². The van der Waals surface area contributed by atoms with E-state index in [-0.39, 0.29) is 17.5 Å². The fourth-order valence-electron chi connectivity index (χ4n) is 2.50. The molecule has 0 atom stereocenters. The van der Waals surface area contributed by atoms with E-state index in [4.69, 9.17) is 5.73 Å². The van der Waals surface area contributed by atoms with Crippen LogP contribution in [0.4, 0.5) is 5.69 Å². The number of hydrogen-bond acceptors (Lipinski definition) is 4. The van der Waals surface area contributed by atoms with E-state index in [0.29, 0.717) is 18.5 Å². The van der Waals surface area contributed by atoms with Gasteiger partial charge < -0.3 is 10.3 Å². The Hall–Kier alpha value is -1.56. The largest absolute Gasteiger partial charge is 0.399 e. The second-order valence-electron chi connectivity index (χ2n) is 4.78. The van der Waals surface area contributed by atoms with Gasteiger partial charge in [-0.15, -0.1) is 0 Å². The molecule has 6 heteroatoms. The topological polar surface area (TPSA) is 78.0 Å². The Morgan fingerprint density at radius 2 is 2.00 bits per heavy atom. The summed E-state index contributed by atoms with van der Waals surface area (Å²) in [6.45, 7) is 0. The normalized spacial score (nSPS) is 20.2. The fourth-order valence-corrected chi connectivity index (χ4v) is 3.96. The predicted molar refractivity (Wildman–Crippen MR) is 71.1 cm³/mol. The number of nitrogens with zero attached hydrogens (tertiary/aromatic N) is 2. The summed E-state index contributed by atoms with van der Waals surface area (Å²) < 4.78 is 24.9. The van der Waals surface area contributed by atoms with E-state index in [1.165, 1.54) is 0 Å². The molecule has 2 N–H and O–H groups in total. The number of anilines is 1. The monoisotopic (exact) mass is 265 g/mol. The molecule has 18 heavy (non-hydrogen) atoms. The number of aromatic nitrogens is 2. The summed E-state index contributed by atoms with van der Waals surface area (Å²) in [5.41, 5.74) is 8.30. The number of nitrogens with two attached hydrogens (primary N) is 1. The third-order valence-corrected chi connectivity index (χ3v) is 5.23. The second-order valence-corrected chi connectivity index (χ2v) is 7.09. The Morgan fingerprint density at radius 3 is 2.72 bits per heavy atom. The SMILES string of the molecule is Nc1ccc2c(c1)ncn2C1CCS(=O)(=O)CC1. The summed E-state index contributed by atoms with van der Waals surface area (Å²) >= 11 is 0. The third-order valence-electron chi connectivity index (χ3n) is 3.52. The first-order valence-electron chi connectivity index (χ1n) is 5.98. The number of hydrogen-bond donors (Lipinski definition) is 1. The van der Waals surface area contributed by atoms with Crippen LogP contribution >= 0.6 is 0 Å². The van der Waals surface area contributed by atoms with Crippen LogP contribution in [0, 0.1) is 0 Å². The average molecular weight is 265 g/mol. The summed E-state index contributed by atoms with van der Waals surface area (Å²) in [7, 11) is -2.82. The van der Waals surface area contributed by atoms with Crippen molar-refractivity contribution in [3.05, 3.63) is 24.5 Å². The van der Waals surface area contributed by atoms with Crippen LogP contribution in [0.1, 0.15) is 18.9 Å². The van der Waals surface area contributed by atoms with Gasteiger partial charge in [-0.25, -0.2) is 13.4 Å². The minimum absolute atomic E-state index is 0.224. The molecule has 0 saturated carbocycles. The zero-order chi connectivity index (χ0) is 12.8. The molecule has 96 valence electrons. The molecule has 1 aromatic heterocycles. The first-order valence-corrected chi connectivity index (χ1v) is 7.80. The van der Waals surface area contributed by atoms with Gasteiger partial charge in [-0.2, -0.15) is 0 Å². The van der Waals surface area contributed by atoms with E-state index in [0.717, 1.165) is 11.0 Å². The summed E-state index contributed by atoms with van der Waals surface area (Å²) in [5, 5.41) is 0. The molecule has 1 saturated heterocycles. The molecule has 3 rings (SSSR count). The van der Waals surface area contributed by atoms with Crippen molar-refractivity contribution in [1.29, 1.82) is 0 Å². The number of sulfone groups is 1. The van der Waals surface area contributed by atoms with Crippen molar-refractivity contribution >= 4 is 26.6 Å². The lowest BCUT2D eigenvalue weighted by Crippen LogP contribution is -2.25. The number of nitrogen functional groups attached to an aromatic ring is 1. The Bertz CT molecular complexity index is 676. The van der Waals surface area contributed by atoms with Crippen molar-refractivity contribution in [3.8, 4) is 0 Å². The van der Waals surface area contributed by atoms with E-state index in [1.807, 2.05) is 18.2 Å². The molecule has 0 aliphatic carbocycles. The Morgan fingerprint density at radius 1 is 1.28 bits per heavy atom. The maximum absolute atomic E-state index is 11.4. The summed E-state index contributed by atoms with van der Waals surface area (Å²) in [4.78, 5) is 4.32.